The number of nitrogens with one attached hydrogen (secondary N) is 1. The lowest BCUT2D eigenvalue weighted by molar-refractivity contribution is 0.222. The van der Waals surface area contributed by atoms with Crippen LogP contribution in [0.4, 0.5) is 5.95 Å². The van der Waals surface area contributed by atoms with Crippen molar-refractivity contribution < 1.29 is 4.74 Å². The van der Waals surface area contributed by atoms with E-state index >= 15 is 0 Å². The van der Waals surface area contributed by atoms with Crippen LogP contribution >= 0.6 is 11.6 Å². The minimum atomic E-state index is -0.333. The van der Waals surface area contributed by atoms with Crippen molar-refractivity contribution in [3.8, 4) is 5.75 Å². The molecule has 0 saturated heterocycles. The van der Waals surface area contributed by atoms with Gasteiger partial charge in [0.15, 0.2) is 0 Å². The topological polar surface area (TPSA) is 77.8 Å². The number of aromatic nitrogens is 5. The van der Waals surface area contributed by atoms with E-state index < -0.39 is 0 Å². The summed E-state index contributed by atoms with van der Waals surface area (Å²) in [5.41, 5.74) is 6.00. The number of pyridine rings is 1. The van der Waals surface area contributed by atoms with Gasteiger partial charge in [0.25, 0.3) is 0 Å². The molecule has 0 saturated carbocycles. The van der Waals surface area contributed by atoms with Crippen molar-refractivity contribution in [1.82, 2.24) is 25.2 Å². The molecule has 0 spiro atoms. The Morgan fingerprint density at radius 2 is 2.00 bits per heavy atom. The fourth-order valence-corrected chi connectivity index (χ4v) is 4.53. The second-order valence-electron chi connectivity index (χ2n) is 7.59. The molecule has 0 aliphatic carbocycles. The van der Waals surface area contributed by atoms with Gasteiger partial charge in [0, 0.05) is 28.6 Å². The van der Waals surface area contributed by atoms with E-state index in [9.17, 15) is 0 Å². The molecular formula is C23H17ClN6O. The van der Waals surface area contributed by atoms with Crippen LogP contribution in [0.5, 0.6) is 5.75 Å². The van der Waals surface area contributed by atoms with E-state index in [1.165, 1.54) is 0 Å². The first-order valence-electron chi connectivity index (χ1n) is 9.91. The third kappa shape index (κ3) is 2.81. The molecule has 4 aromatic rings. The quantitative estimate of drug-likeness (QED) is 0.503. The van der Waals surface area contributed by atoms with Gasteiger partial charge >= 0.3 is 0 Å². The summed E-state index contributed by atoms with van der Waals surface area (Å²) in [6.45, 7) is 2.09. The van der Waals surface area contributed by atoms with Crippen LogP contribution < -0.4 is 10.1 Å². The highest BCUT2D eigenvalue weighted by atomic mass is 35.5. The van der Waals surface area contributed by atoms with Crippen LogP contribution in [0.3, 0.4) is 0 Å². The molecule has 0 amide bonds. The van der Waals surface area contributed by atoms with Crippen LogP contribution in [-0.2, 0) is 0 Å². The molecule has 0 bridgehead atoms. The van der Waals surface area contributed by atoms with Crippen molar-refractivity contribution in [2.24, 2.45) is 0 Å². The zero-order valence-electron chi connectivity index (χ0n) is 16.5. The first-order valence-corrected chi connectivity index (χ1v) is 10.3. The van der Waals surface area contributed by atoms with Crippen molar-refractivity contribution in [1.29, 1.82) is 0 Å². The number of hydrogen-bond acceptors (Lipinski definition) is 6. The zero-order chi connectivity index (χ0) is 20.9. The standard InChI is InChI=1S/C23H17ClN6O/c1-13-5-2-3-7-16(13)22-19-20(17-11-15(24)8-9-18(17)31-22)26-23-27-28-29-30(23)21(19)14-6-4-10-25-12-14/h2-12,21-22H,1H3,(H,26,27,29). The second kappa shape index (κ2) is 6.92. The molecule has 2 aromatic heterocycles. The first kappa shape index (κ1) is 18.1. The molecule has 0 radical (unpaired) electrons. The Hall–Kier alpha value is -3.71. The number of rotatable bonds is 2. The zero-order valence-corrected chi connectivity index (χ0v) is 17.3. The van der Waals surface area contributed by atoms with Gasteiger partial charge in [0.1, 0.15) is 17.9 Å². The number of hydrogen-bond donors (Lipinski definition) is 1. The van der Waals surface area contributed by atoms with Crippen LogP contribution in [0.25, 0.3) is 5.70 Å². The Morgan fingerprint density at radius 3 is 2.84 bits per heavy atom. The van der Waals surface area contributed by atoms with Gasteiger partial charge in [-0.25, -0.2) is 0 Å². The van der Waals surface area contributed by atoms with E-state index in [0.29, 0.717) is 11.0 Å². The average Bonchev–Trinajstić information content (AvgIpc) is 3.27. The van der Waals surface area contributed by atoms with E-state index in [2.05, 4.69) is 44.9 Å². The molecule has 1 N–H and O–H groups in total. The van der Waals surface area contributed by atoms with E-state index in [1.807, 2.05) is 48.7 Å². The summed E-state index contributed by atoms with van der Waals surface area (Å²) in [6, 6.07) is 17.6. The molecule has 7 nitrogen and oxygen atoms in total. The molecule has 2 aliphatic rings. The fraction of sp³-hybridized carbons (Fsp3) is 0.130. The Labute approximate surface area is 183 Å². The maximum atomic E-state index is 6.61. The highest BCUT2D eigenvalue weighted by molar-refractivity contribution is 6.30. The second-order valence-corrected chi connectivity index (χ2v) is 8.02. The predicted octanol–water partition coefficient (Wildman–Crippen LogP) is 4.59. The Morgan fingerprint density at radius 1 is 1.10 bits per heavy atom. The SMILES string of the molecule is Cc1ccccc1C1Oc2ccc(Cl)cc2C2=C1C(c1cccnc1)n1nnnc1N2. The Bertz CT molecular complexity index is 1330. The molecule has 2 aliphatic heterocycles. The molecule has 2 aromatic carbocycles. The molecule has 152 valence electrons. The lowest BCUT2D eigenvalue weighted by atomic mass is 9.84. The van der Waals surface area contributed by atoms with E-state index in [4.69, 9.17) is 16.3 Å². The number of halogens is 1. The predicted molar refractivity (Wildman–Crippen MR) is 117 cm³/mol. The molecular weight excluding hydrogens is 412 g/mol. The third-order valence-corrected chi connectivity index (χ3v) is 6.00. The fourth-order valence-electron chi connectivity index (χ4n) is 4.36. The van der Waals surface area contributed by atoms with Gasteiger partial charge in [-0.05, 0) is 58.3 Å². The minimum Gasteiger partial charge on any atom is -0.480 e. The summed E-state index contributed by atoms with van der Waals surface area (Å²) in [6.07, 6.45) is 3.26. The van der Waals surface area contributed by atoms with E-state index in [-0.39, 0.29) is 12.1 Å². The van der Waals surface area contributed by atoms with Gasteiger partial charge < -0.3 is 10.1 Å². The highest BCUT2D eigenvalue weighted by Gasteiger charge is 2.41. The number of benzene rings is 2. The van der Waals surface area contributed by atoms with Crippen molar-refractivity contribution in [3.05, 3.63) is 99.8 Å². The van der Waals surface area contributed by atoms with Crippen LogP contribution in [-0.4, -0.2) is 25.2 Å². The van der Waals surface area contributed by atoms with Crippen LogP contribution in [0.1, 0.15) is 34.4 Å². The van der Waals surface area contributed by atoms with E-state index in [0.717, 1.165) is 39.3 Å². The van der Waals surface area contributed by atoms with Crippen LogP contribution in [0.2, 0.25) is 5.02 Å². The molecule has 0 fully saturated rings. The summed E-state index contributed by atoms with van der Waals surface area (Å²) >= 11 is 6.36. The number of nitrogens with zero attached hydrogens (tertiary/aromatic N) is 5. The van der Waals surface area contributed by atoms with Gasteiger partial charge in [-0.2, -0.15) is 4.68 Å². The van der Waals surface area contributed by atoms with Gasteiger partial charge in [-0.1, -0.05) is 47.0 Å². The molecule has 2 unspecified atom stereocenters. The van der Waals surface area contributed by atoms with Crippen molar-refractivity contribution >= 4 is 23.2 Å². The minimum absolute atomic E-state index is 0.285. The molecule has 6 rings (SSSR count). The molecule has 4 heterocycles. The number of ether oxygens (including phenoxy) is 1. The molecule has 31 heavy (non-hydrogen) atoms. The summed E-state index contributed by atoms with van der Waals surface area (Å²) in [7, 11) is 0. The lowest BCUT2D eigenvalue weighted by Gasteiger charge is -2.38. The van der Waals surface area contributed by atoms with Crippen molar-refractivity contribution in [3.63, 3.8) is 0 Å². The maximum Gasteiger partial charge on any atom is 0.248 e. The van der Waals surface area contributed by atoms with Gasteiger partial charge in [0.05, 0.1) is 5.70 Å². The summed E-state index contributed by atoms with van der Waals surface area (Å²) < 4.78 is 8.39. The Kier molecular flexibility index (Phi) is 4.04. The summed E-state index contributed by atoms with van der Waals surface area (Å²) in [4.78, 5) is 4.34. The van der Waals surface area contributed by atoms with E-state index in [1.54, 1.807) is 10.9 Å². The smallest absolute Gasteiger partial charge is 0.248 e. The monoisotopic (exact) mass is 428 g/mol. The first-order chi connectivity index (χ1) is 15.2. The van der Waals surface area contributed by atoms with Gasteiger partial charge in [0.2, 0.25) is 5.95 Å². The average molecular weight is 429 g/mol. The summed E-state index contributed by atoms with van der Waals surface area (Å²) in [5, 5.41) is 16.5. The lowest BCUT2D eigenvalue weighted by Crippen LogP contribution is -2.32. The normalized spacial score (nSPS) is 19.0. The summed E-state index contributed by atoms with van der Waals surface area (Å²) in [5.74, 6) is 1.32. The molecule has 2 atom stereocenters. The van der Waals surface area contributed by atoms with Gasteiger partial charge in [-0.3, -0.25) is 4.98 Å². The van der Waals surface area contributed by atoms with Crippen molar-refractivity contribution in [2.45, 2.75) is 19.1 Å². The Balaban J connectivity index is 1.66. The number of tetrazole rings is 1. The highest BCUT2D eigenvalue weighted by Crippen LogP contribution is 2.51. The van der Waals surface area contributed by atoms with Crippen LogP contribution in [0, 0.1) is 6.92 Å². The van der Waals surface area contributed by atoms with Crippen LogP contribution in [0.15, 0.2) is 72.6 Å². The number of fused-ring (bicyclic) bond motifs is 3. The molecule has 8 heteroatoms. The largest absolute Gasteiger partial charge is 0.480 e. The maximum absolute atomic E-state index is 6.61. The third-order valence-electron chi connectivity index (χ3n) is 5.77. The van der Waals surface area contributed by atoms with Crippen molar-refractivity contribution in [2.75, 3.05) is 5.32 Å². The van der Waals surface area contributed by atoms with Gasteiger partial charge in [-0.15, -0.1) is 0 Å². The number of aryl methyl sites for hydroxylation is 1. The number of anilines is 1.